The summed E-state index contributed by atoms with van der Waals surface area (Å²) in [5.74, 6) is -0.897. The Morgan fingerprint density at radius 2 is 1.96 bits per heavy atom. The smallest absolute Gasteiger partial charge is 0.407 e. The largest absolute Gasteiger partial charge is 0.444 e. The van der Waals surface area contributed by atoms with Gasteiger partial charge in [0.15, 0.2) is 0 Å². The molecule has 2 rings (SSSR count). The van der Waals surface area contributed by atoms with Gasteiger partial charge in [-0.05, 0) is 58.2 Å². The summed E-state index contributed by atoms with van der Waals surface area (Å²) in [7, 11) is 0. The van der Waals surface area contributed by atoms with Crippen LogP contribution in [0.4, 0.5) is 13.6 Å². The maximum absolute atomic E-state index is 13.6. The van der Waals surface area contributed by atoms with Gasteiger partial charge in [-0.2, -0.15) is 0 Å². The van der Waals surface area contributed by atoms with Gasteiger partial charge in [-0.3, -0.25) is 0 Å². The second-order valence-electron chi connectivity index (χ2n) is 6.91. The number of carbonyl (C=O) groups is 1. The fourth-order valence-electron chi connectivity index (χ4n) is 2.76. The van der Waals surface area contributed by atoms with Gasteiger partial charge in [-0.25, -0.2) is 13.6 Å². The molecule has 1 saturated carbocycles. The Labute approximate surface area is 135 Å². The first-order valence-corrected chi connectivity index (χ1v) is 7.91. The molecule has 1 aliphatic rings. The summed E-state index contributed by atoms with van der Waals surface area (Å²) in [5, 5.41) is 6.06. The highest BCUT2D eigenvalue weighted by atomic mass is 19.1. The van der Waals surface area contributed by atoms with E-state index in [9.17, 15) is 13.6 Å². The number of ether oxygens (including phenoxy) is 1. The number of amides is 1. The molecule has 1 aliphatic carbocycles. The number of hydrogen-bond acceptors (Lipinski definition) is 3. The summed E-state index contributed by atoms with van der Waals surface area (Å²) in [6.45, 7) is 5.65. The van der Waals surface area contributed by atoms with Crippen molar-refractivity contribution < 1.29 is 18.3 Å². The lowest BCUT2D eigenvalue weighted by Gasteiger charge is -2.25. The van der Waals surface area contributed by atoms with Gasteiger partial charge in [-0.15, -0.1) is 0 Å². The lowest BCUT2D eigenvalue weighted by molar-refractivity contribution is 0.0498. The molecule has 1 aromatic rings. The number of carbonyl (C=O) groups excluding carboxylic acids is 1. The standard InChI is InChI=1S/C17H24F2N2O2/c1-17(2,3)23-16(22)21-15-6-4-5-14(15)20-10-11-9-12(18)7-8-13(11)19/h7-9,14-15,20H,4-6,10H2,1-3H3,(H,21,22). The van der Waals surface area contributed by atoms with Crippen molar-refractivity contribution in [3.8, 4) is 0 Å². The summed E-state index contributed by atoms with van der Waals surface area (Å²) in [5.41, 5.74) is -0.260. The molecule has 1 amide bonds. The lowest BCUT2D eigenvalue weighted by Crippen LogP contribution is -2.47. The van der Waals surface area contributed by atoms with Crippen LogP contribution < -0.4 is 10.6 Å². The maximum Gasteiger partial charge on any atom is 0.407 e. The third-order valence-corrected chi connectivity index (χ3v) is 3.78. The van der Waals surface area contributed by atoms with Crippen molar-refractivity contribution in [2.75, 3.05) is 0 Å². The van der Waals surface area contributed by atoms with Crippen LogP contribution in [0, 0.1) is 11.6 Å². The predicted octanol–water partition coefficient (Wildman–Crippen LogP) is 3.50. The first-order valence-electron chi connectivity index (χ1n) is 7.91. The summed E-state index contributed by atoms with van der Waals surface area (Å²) < 4.78 is 32.1. The van der Waals surface area contributed by atoms with Gasteiger partial charge >= 0.3 is 6.09 Å². The van der Waals surface area contributed by atoms with Crippen LogP contribution in [-0.2, 0) is 11.3 Å². The summed E-state index contributed by atoms with van der Waals surface area (Å²) in [4.78, 5) is 11.9. The monoisotopic (exact) mass is 326 g/mol. The Morgan fingerprint density at radius 3 is 2.65 bits per heavy atom. The average molecular weight is 326 g/mol. The highest BCUT2D eigenvalue weighted by Gasteiger charge is 2.29. The summed E-state index contributed by atoms with van der Waals surface area (Å²) in [6.07, 6.45) is 2.22. The molecule has 2 N–H and O–H groups in total. The first kappa shape index (κ1) is 17.7. The fourth-order valence-corrected chi connectivity index (χ4v) is 2.76. The fraction of sp³-hybridized carbons (Fsp3) is 0.588. The molecule has 0 radical (unpaired) electrons. The SMILES string of the molecule is CC(C)(C)OC(=O)NC1CCCC1NCc1cc(F)ccc1F. The van der Waals surface area contributed by atoms with Gasteiger partial charge in [0, 0.05) is 24.2 Å². The van der Waals surface area contributed by atoms with E-state index in [2.05, 4.69) is 10.6 Å². The Kier molecular flexibility index (Phi) is 5.57. The zero-order valence-electron chi connectivity index (χ0n) is 13.8. The minimum absolute atomic E-state index is 0.0187. The van der Waals surface area contributed by atoms with Crippen molar-refractivity contribution in [2.24, 2.45) is 0 Å². The molecule has 0 aliphatic heterocycles. The summed E-state index contributed by atoms with van der Waals surface area (Å²) >= 11 is 0. The normalized spacial score (nSPS) is 21.3. The van der Waals surface area contributed by atoms with Crippen molar-refractivity contribution in [2.45, 2.75) is 64.3 Å². The molecule has 23 heavy (non-hydrogen) atoms. The van der Waals surface area contributed by atoms with Crippen molar-refractivity contribution in [1.82, 2.24) is 10.6 Å². The number of alkyl carbamates (subject to hydrolysis) is 1. The zero-order chi connectivity index (χ0) is 17.0. The minimum atomic E-state index is -0.545. The molecule has 2 unspecified atom stereocenters. The van der Waals surface area contributed by atoms with E-state index in [4.69, 9.17) is 4.74 Å². The van der Waals surface area contributed by atoms with E-state index in [1.807, 2.05) is 20.8 Å². The Hall–Kier alpha value is -1.69. The Morgan fingerprint density at radius 1 is 1.26 bits per heavy atom. The van der Waals surface area contributed by atoms with E-state index in [0.717, 1.165) is 31.4 Å². The third kappa shape index (κ3) is 5.46. The molecular weight excluding hydrogens is 302 g/mol. The Balaban J connectivity index is 1.89. The Bertz CT molecular complexity index is 558. The third-order valence-electron chi connectivity index (χ3n) is 3.78. The molecule has 0 aromatic heterocycles. The van der Waals surface area contributed by atoms with Gasteiger partial charge in [0.05, 0.1) is 0 Å². The van der Waals surface area contributed by atoms with Crippen LogP contribution in [0.5, 0.6) is 0 Å². The second-order valence-corrected chi connectivity index (χ2v) is 6.91. The van der Waals surface area contributed by atoms with Gasteiger partial charge in [-0.1, -0.05) is 0 Å². The van der Waals surface area contributed by atoms with Crippen LogP contribution in [0.2, 0.25) is 0 Å². The van der Waals surface area contributed by atoms with E-state index in [1.165, 1.54) is 6.07 Å². The molecular formula is C17H24F2N2O2. The van der Waals surface area contributed by atoms with Crippen LogP contribution in [0.3, 0.4) is 0 Å². The topological polar surface area (TPSA) is 50.4 Å². The van der Waals surface area contributed by atoms with Gasteiger partial charge in [0.2, 0.25) is 0 Å². The van der Waals surface area contributed by atoms with Gasteiger partial charge in [0.1, 0.15) is 17.2 Å². The molecule has 0 spiro atoms. The van der Waals surface area contributed by atoms with Gasteiger partial charge in [0.25, 0.3) is 0 Å². The van der Waals surface area contributed by atoms with Crippen LogP contribution in [0.15, 0.2) is 18.2 Å². The zero-order valence-corrected chi connectivity index (χ0v) is 13.8. The number of nitrogens with one attached hydrogen (secondary N) is 2. The number of rotatable bonds is 4. The van der Waals surface area contributed by atoms with E-state index in [-0.39, 0.29) is 24.2 Å². The summed E-state index contributed by atoms with van der Waals surface area (Å²) in [6, 6.07) is 3.36. The van der Waals surface area contributed by atoms with Crippen molar-refractivity contribution in [3.05, 3.63) is 35.4 Å². The highest BCUT2D eigenvalue weighted by molar-refractivity contribution is 5.68. The first-order chi connectivity index (χ1) is 10.7. The van der Waals surface area contributed by atoms with E-state index >= 15 is 0 Å². The molecule has 128 valence electrons. The van der Waals surface area contributed by atoms with E-state index < -0.39 is 23.3 Å². The van der Waals surface area contributed by atoms with Crippen molar-refractivity contribution in [3.63, 3.8) is 0 Å². The van der Waals surface area contributed by atoms with Crippen LogP contribution in [-0.4, -0.2) is 23.8 Å². The quantitative estimate of drug-likeness (QED) is 0.890. The maximum atomic E-state index is 13.6. The van der Waals surface area contributed by atoms with Crippen LogP contribution in [0.25, 0.3) is 0 Å². The van der Waals surface area contributed by atoms with E-state index in [1.54, 1.807) is 0 Å². The molecule has 0 saturated heterocycles. The molecule has 0 bridgehead atoms. The number of hydrogen-bond donors (Lipinski definition) is 2. The highest BCUT2D eigenvalue weighted by Crippen LogP contribution is 2.21. The molecule has 1 fully saturated rings. The lowest BCUT2D eigenvalue weighted by atomic mass is 10.1. The second kappa shape index (κ2) is 7.25. The van der Waals surface area contributed by atoms with E-state index in [0.29, 0.717) is 0 Å². The molecule has 0 heterocycles. The van der Waals surface area contributed by atoms with Crippen LogP contribution >= 0.6 is 0 Å². The number of benzene rings is 1. The minimum Gasteiger partial charge on any atom is -0.444 e. The molecule has 4 nitrogen and oxygen atoms in total. The molecule has 1 aromatic carbocycles. The van der Waals surface area contributed by atoms with Crippen molar-refractivity contribution >= 4 is 6.09 Å². The predicted molar refractivity (Wildman–Crippen MR) is 84.0 cm³/mol. The molecule has 2 atom stereocenters. The number of halogens is 2. The molecule has 6 heteroatoms. The van der Waals surface area contributed by atoms with Crippen molar-refractivity contribution in [1.29, 1.82) is 0 Å². The van der Waals surface area contributed by atoms with Crippen LogP contribution in [0.1, 0.15) is 45.6 Å². The average Bonchev–Trinajstić information content (AvgIpc) is 2.85. The van der Waals surface area contributed by atoms with Gasteiger partial charge < -0.3 is 15.4 Å².